The van der Waals surface area contributed by atoms with Gasteiger partial charge in [-0.05, 0) is 85.8 Å². The highest BCUT2D eigenvalue weighted by molar-refractivity contribution is 7.91. The van der Waals surface area contributed by atoms with Crippen LogP contribution in [0.25, 0.3) is 10.9 Å². The van der Waals surface area contributed by atoms with Crippen molar-refractivity contribution in [1.82, 2.24) is 14.9 Å². The molecule has 6 rings (SSSR count). The third kappa shape index (κ3) is 7.10. The Hall–Kier alpha value is -4.51. The third-order valence-electron chi connectivity index (χ3n) is 8.55. The van der Waals surface area contributed by atoms with Crippen LogP contribution < -0.4 is 10.1 Å². The molecule has 0 saturated carbocycles. The van der Waals surface area contributed by atoms with E-state index in [-0.39, 0.29) is 24.2 Å². The molecule has 0 saturated heterocycles. The summed E-state index contributed by atoms with van der Waals surface area (Å²) in [5, 5.41) is 4.53. The SMILES string of the molecule is CC(N(C)CCS(=O)(=O)c1ccccc1)C1(c2ccc3ncnc(Nc4ccc(OCc5cccc(F)c5)c(Cl)c4)c3c2)CC=CO1. The molecule has 2 unspecified atom stereocenters. The number of anilines is 2. The minimum atomic E-state index is -3.44. The number of benzene rings is 4. The van der Waals surface area contributed by atoms with Crippen molar-refractivity contribution in [3.63, 3.8) is 0 Å². The normalized spacial score (nSPS) is 16.7. The summed E-state index contributed by atoms with van der Waals surface area (Å²) in [7, 11) is -1.52. The van der Waals surface area contributed by atoms with Crippen molar-refractivity contribution in [2.24, 2.45) is 0 Å². The molecule has 1 aliphatic rings. The Kier molecular flexibility index (Phi) is 9.45. The number of sulfone groups is 1. The van der Waals surface area contributed by atoms with Crippen LogP contribution in [0, 0.1) is 5.82 Å². The fraction of sp³-hybridized carbons (Fsp3) is 0.222. The summed E-state index contributed by atoms with van der Waals surface area (Å²) in [6.07, 6.45) is 5.79. The van der Waals surface area contributed by atoms with Gasteiger partial charge >= 0.3 is 0 Å². The fourth-order valence-corrected chi connectivity index (χ4v) is 7.31. The molecule has 8 nitrogen and oxygen atoms in total. The zero-order valence-corrected chi connectivity index (χ0v) is 27.5. The molecule has 242 valence electrons. The van der Waals surface area contributed by atoms with Gasteiger partial charge in [0.1, 0.15) is 30.3 Å². The average Bonchev–Trinajstić information content (AvgIpc) is 3.58. The monoisotopic (exact) mass is 672 g/mol. The van der Waals surface area contributed by atoms with Gasteiger partial charge in [-0.1, -0.05) is 48.0 Å². The molecule has 4 aromatic carbocycles. The topological polar surface area (TPSA) is 93.7 Å². The zero-order valence-electron chi connectivity index (χ0n) is 25.9. The standard InChI is InChI=1S/C36H34ClFN4O4S/c1-25(42(2)17-19-47(43,44)30-10-4-3-5-11-30)36(16-7-18-46-36)27-12-14-33-31(21-27)35(40-24-39-33)41-29-13-15-34(32(37)22-29)45-23-26-8-6-9-28(38)20-26/h3-15,18,20-22,24-25H,16-17,19,23H2,1-2H3,(H,39,40,41). The molecule has 0 fully saturated rings. The molecule has 2 atom stereocenters. The van der Waals surface area contributed by atoms with E-state index in [2.05, 4.69) is 15.3 Å². The van der Waals surface area contributed by atoms with Gasteiger partial charge in [0.15, 0.2) is 15.4 Å². The first-order valence-electron chi connectivity index (χ1n) is 15.1. The van der Waals surface area contributed by atoms with Crippen LogP contribution in [-0.2, 0) is 26.8 Å². The van der Waals surface area contributed by atoms with Gasteiger partial charge in [-0.25, -0.2) is 22.8 Å². The summed E-state index contributed by atoms with van der Waals surface area (Å²) in [5.74, 6) is 0.712. The van der Waals surface area contributed by atoms with E-state index in [0.29, 0.717) is 45.7 Å². The van der Waals surface area contributed by atoms with Crippen LogP contribution >= 0.6 is 11.6 Å². The van der Waals surface area contributed by atoms with Gasteiger partial charge < -0.3 is 14.8 Å². The van der Waals surface area contributed by atoms with Crippen LogP contribution in [-0.4, -0.2) is 48.7 Å². The van der Waals surface area contributed by atoms with Crippen molar-refractivity contribution in [1.29, 1.82) is 0 Å². The maximum absolute atomic E-state index is 13.5. The number of aromatic nitrogens is 2. The molecule has 0 radical (unpaired) electrons. The van der Waals surface area contributed by atoms with Crippen LogP contribution in [0.1, 0.15) is 24.5 Å². The predicted molar refractivity (Wildman–Crippen MR) is 182 cm³/mol. The van der Waals surface area contributed by atoms with E-state index in [1.165, 1.54) is 18.5 Å². The van der Waals surface area contributed by atoms with E-state index in [1.54, 1.807) is 60.9 Å². The molecular formula is C36H34ClFN4O4S. The van der Waals surface area contributed by atoms with Crippen LogP contribution in [0.15, 0.2) is 115 Å². The molecule has 5 aromatic rings. The smallest absolute Gasteiger partial charge is 0.179 e. The summed E-state index contributed by atoms with van der Waals surface area (Å²) in [5.41, 5.74) is 2.29. The average molecular weight is 673 g/mol. The molecule has 2 heterocycles. The highest BCUT2D eigenvalue weighted by Crippen LogP contribution is 2.41. The second-order valence-electron chi connectivity index (χ2n) is 11.5. The molecule has 11 heteroatoms. The summed E-state index contributed by atoms with van der Waals surface area (Å²) < 4.78 is 51.7. The summed E-state index contributed by atoms with van der Waals surface area (Å²) in [6, 6.07) is 25.8. The van der Waals surface area contributed by atoms with Crippen molar-refractivity contribution in [2.45, 2.75) is 36.5 Å². The van der Waals surface area contributed by atoms with Crippen molar-refractivity contribution in [3.8, 4) is 5.75 Å². The van der Waals surface area contributed by atoms with E-state index in [0.717, 1.165) is 16.5 Å². The molecule has 0 amide bonds. The number of rotatable bonds is 12. The number of fused-ring (bicyclic) bond motifs is 1. The maximum atomic E-state index is 13.5. The number of hydrogen-bond donors (Lipinski definition) is 1. The maximum Gasteiger partial charge on any atom is 0.179 e. The predicted octanol–water partition coefficient (Wildman–Crippen LogP) is 7.67. The van der Waals surface area contributed by atoms with Crippen LogP contribution in [0.4, 0.5) is 15.9 Å². The summed E-state index contributed by atoms with van der Waals surface area (Å²) in [6.45, 7) is 2.56. The van der Waals surface area contributed by atoms with Crippen LogP contribution in [0.3, 0.4) is 0 Å². The van der Waals surface area contributed by atoms with E-state index >= 15 is 0 Å². The van der Waals surface area contributed by atoms with E-state index in [9.17, 15) is 12.8 Å². The first-order valence-corrected chi connectivity index (χ1v) is 17.2. The number of nitrogens with zero attached hydrogens (tertiary/aromatic N) is 3. The van der Waals surface area contributed by atoms with Gasteiger partial charge in [0.2, 0.25) is 0 Å². The molecule has 0 spiro atoms. The minimum absolute atomic E-state index is 0.0157. The van der Waals surface area contributed by atoms with Gasteiger partial charge in [-0.2, -0.15) is 0 Å². The Morgan fingerprint density at radius 1 is 1.04 bits per heavy atom. The van der Waals surface area contributed by atoms with E-state index < -0.39 is 15.4 Å². The fourth-order valence-electron chi connectivity index (χ4n) is 5.74. The highest BCUT2D eigenvalue weighted by atomic mass is 35.5. The largest absolute Gasteiger partial charge is 0.489 e. The minimum Gasteiger partial charge on any atom is -0.489 e. The lowest BCUT2D eigenvalue weighted by molar-refractivity contribution is -0.0307. The van der Waals surface area contributed by atoms with Crippen LogP contribution in [0.5, 0.6) is 5.75 Å². The first-order chi connectivity index (χ1) is 22.6. The second-order valence-corrected chi connectivity index (χ2v) is 14.0. The highest BCUT2D eigenvalue weighted by Gasteiger charge is 2.43. The molecule has 1 N–H and O–H groups in total. The first kappa shape index (κ1) is 32.4. The van der Waals surface area contributed by atoms with Crippen molar-refractivity contribution in [2.75, 3.05) is 24.7 Å². The van der Waals surface area contributed by atoms with Gasteiger partial charge in [-0.3, -0.25) is 4.90 Å². The number of halogens is 2. The Morgan fingerprint density at radius 2 is 1.87 bits per heavy atom. The lowest BCUT2D eigenvalue weighted by atomic mass is 9.83. The second kappa shape index (κ2) is 13.7. The van der Waals surface area contributed by atoms with Gasteiger partial charge in [0.05, 0.1) is 33.5 Å². The Balaban J connectivity index is 1.21. The lowest BCUT2D eigenvalue weighted by Gasteiger charge is -2.40. The Bertz CT molecular complexity index is 2020. The van der Waals surface area contributed by atoms with Crippen molar-refractivity contribution < 1.29 is 22.3 Å². The summed E-state index contributed by atoms with van der Waals surface area (Å²) in [4.78, 5) is 11.3. The van der Waals surface area contributed by atoms with Gasteiger partial charge in [-0.15, -0.1) is 0 Å². The Labute approximate surface area is 278 Å². The third-order valence-corrected chi connectivity index (χ3v) is 10.6. The zero-order chi connectivity index (χ0) is 33.0. The van der Waals surface area contributed by atoms with Crippen molar-refractivity contribution >= 4 is 43.8 Å². The number of nitrogens with one attached hydrogen (secondary N) is 1. The van der Waals surface area contributed by atoms with Crippen molar-refractivity contribution in [3.05, 3.63) is 132 Å². The molecule has 0 bridgehead atoms. The lowest BCUT2D eigenvalue weighted by Crippen LogP contribution is -2.48. The van der Waals surface area contributed by atoms with Crippen LogP contribution in [0.2, 0.25) is 5.02 Å². The summed E-state index contributed by atoms with van der Waals surface area (Å²) >= 11 is 6.56. The van der Waals surface area contributed by atoms with Gasteiger partial charge in [0.25, 0.3) is 0 Å². The number of ether oxygens (including phenoxy) is 2. The molecule has 47 heavy (non-hydrogen) atoms. The van der Waals surface area contributed by atoms with E-state index in [4.69, 9.17) is 21.1 Å². The molecule has 1 aromatic heterocycles. The molecular weight excluding hydrogens is 639 g/mol. The quantitative estimate of drug-likeness (QED) is 0.144. The van der Waals surface area contributed by atoms with Gasteiger partial charge in [0, 0.05) is 24.0 Å². The van der Waals surface area contributed by atoms with E-state index in [1.807, 2.05) is 49.2 Å². The number of likely N-dealkylation sites (N-methyl/N-ethyl adjacent to an activating group) is 1. The molecule has 1 aliphatic heterocycles. The Morgan fingerprint density at radius 3 is 2.62 bits per heavy atom. The number of hydrogen-bond acceptors (Lipinski definition) is 8. The molecule has 0 aliphatic carbocycles.